The zero-order chi connectivity index (χ0) is 21.1. The monoisotopic (exact) mass is 395 g/mol. The fourth-order valence-electron chi connectivity index (χ4n) is 3.65. The van der Waals surface area contributed by atoms with E-state index in [2.05, 4.69) is 0 Å². The van der Waals surface area contributed by atoms with Gasteiger partial charge in [0.15, 0.2) is 0 Å². The Morgan fingerprint density at radius 3 is 2.48 bits per heavy atom. The topological polar surface area (TPSA) is 46.6 Å². The van der Waals surface area contributed by atoms with Crippen LogP contribution in [-0.4, -0.2) is 22.9 Å². The highest BCUT2D eigenvalue weighted by Crippen LogP contribution is 2.38. The Morgan fingerprint density at radius 1 is 1.17 bits per heavy atom. The number of carbonyl (C=O) groups is 2. The second kappa shape index (κ2) is 8.60. The molecular formula is C24H26FNO3. The molecule has 0 N–H and O–H groups in total. The highest BCUT2D eigenvalue weighted by Gasteiger charge is 2.37. The number of benzene rings is 2. The molecule has 152 valence electrons. The highest BCUT2D eigenvalue weighted by atomic mass is 19.1. The molecule has 29 heavy (non-hydrogen) atoms. The first-order valence-electron chi connectivity index (χ1n) is 9.79. The van der Waals surface area contributed by atoms with Crippen LogP contribution >= 0.6 is 0 Å². The van der Waals surface area contributed by atoms with Gasteiger partial charge >= 0.3 is 5.97 Å². The molecule has 2 aromatic carbocycles. The van der Waals surface area contributed by atoms with E-state index in [0.717, 1.165) is 11.1 Å². The summed E-state index contributed by atoms with van der Waals surface area (Å²) >= 11 is 0. The normalized spacial score (nSPS) is 17.1. The lowest BCUT2D eigenvalue weighted by Crippen LogP contribution is -2.38. The van der Waals surface area contributed by atoms with Gasteiger partial charge < -0.3 is 9.64 Å². The fraction of sp³-hybridized carbons (Fsp3) is 0.333. The van der Waals surface area contributed by atoms with Gasteiger partial charge in [0.1, 0.15) is 5.82 Å². The third-order valence-electron chi connectivity index (χ3n) is 5.10. The molecule has 0 aliphatic carbocycles. The summed E-state index contributed by atoms with van der Waals surface area (Å²) in [7, 11) is 0. The van der Waals surface area contributed by atoms with Gasteiger partial charge in [-0.1, -0.05) is 42.0 Å². The maximum Gasteiger partial charge on any atom is 0.336 e. The van der Waals surface area contributed by atoms with Gasteiger partial charge in [-0.05, 0) is 51.0 Å². The van der Waals surface area contributed by atoms with Crippen LogP contribution in [0.15, 0.2) is 59.8 Å². The molecule has 1 unspecified atom stereocenters. The second-order valence-corrected chi connectivity index (χ2v) is 7.73. The molecule has 1 aliphatic rings. The maximum atomic E-state index is 13.6. The number of carbonyl (C=O) groups excluding carboxylic acids is 2. The van der Waals surface area contributed by atoms with Crippen LogP contribution in [-0.2, 0) is 20.9 Å². The molecule has 0 aromatic heterocycles. The van der Waals surface area contributed by atoms with Crippen LogP contribution in [0.1, 0.15) is 49.8 Å². The number of halogens is 1. The zero-order valence-electron chi connectivity index (χ0n) is 17.2. The van der Waals surface area contributed by atoms with Crippen LogP contribution in [0, 0.1) is 12.7 Å². The Kier molecular flexibility index (Phi) is 6.16. The van der Waals surface area contributed by atoms with Gasteiger partial charge in [0.2, 0.25) is 5.91 Å². The standard InChI is InChI=1S/C24H26FNO3/c1-15(2)29-24(28)23-17(4)26(14-18-6-5-7-20(25)12-18)22(27)13-21(23)19-10-8-16(3)9-11-19/h5-12,15,21H,13-14H2,1-4H3. The third-order valence-corrected chi connectivity index (χ3v) is 5.10. The second-order valence-electron chi connectivity index (χ2n) is 7.73. The summed E-state index contributed by atoms with van der Waals surface area (Å²) in [6, 6.07) is 14.0. The summed E-state index contributed by atoms with van der Waals surface area (Å²) in [6.45, 7) is 7.56. The molecular weight excluding hydrogens is 369 g/mol. The summed E-state index contributed by atoms with van der Waals surface area (Å²) in [5.74, 6) is -1.23. The van der Waals surface area contributed by atoms with Gasteiger partial charge in [0, 0.05) is 18.0 Å². The predicted molar refractivity (Wildman–Crippen MR) is 109 cm³/mol. The van der Waals surface area contributed by atoms with Crippen molar-refractivity contribution < 1.29 is 18.7 Å². The molecule has 3 rings (SSSR count). The molecule has 0 bridgehead atoms. The van der Waals surface area contributed by atoms with Gasteiger partial charge in [0.25, 0.3) is 0 Å². The van der Waals surface area contributed by atoms with Crippen molar-refractivity contribution in [2.24, 2.45) is 0 Å². The van der Waals surface area contributed by atoms with Crippen LogP contribution in [0.2, 0.25) is 0 Å². The van der Waals surface area contributed by atoms with E-state index in [-0.39, 0.29) is 36.7 Å². The molecule has 1 heterocycles. The average Bonchev–Trinajstić information content (AvgIpc) is 2.64. The first-order valence-corrected chi connectivity index (χ1v) is 9.79. The zero-order valence-corrected chi connectivity index (χ0v) is 17.2. The molecule has 0 saturated carbocycles. The van der Waals surface area contributed by atoms with E-state index in [1.54, 1.807) is 37.8 Å². The molecule has 0 spiro atoms. The van der Waals surface area contributed by atoms with E-state index in [4.69, 9.17) is 4.74 Å². The van der Waals surface area contributed by atoms with Crippen LogP contribution in [0.4, 0.5) is 4.39 Å². The summed E-state index contributed by atoms with van der Waals surface area (Å²) in [5.41, 5.74) is 3.73. The van der Waals surface area contributed by atoms with Crippen molar-refractivity contribution in [1.82, 2.24) is 4.90 Å². The van der Waals surface area contributed by atoms with Crippen molar-refractivity contribution in [3.05, 3.63) is 82.3 Å². The lowest BCUT2D eigenvalue weighted by atomic mass is 9.83. The Balaban J connectivity index is 2.03. The molecule has 2 aromatic rings. The van der Waals surface area contributed by atoms with Crippen molar-refractivity contribution in [1.29, 1.82) is 0 Å². The van der Waals surface area contributed by atoms with E-state index in [0.29, 0.717) is 16.8 Å². The van der Waals surface area contributed by atoms with Gasteiger partial charge in [-0.15, -0.1) is 0 Å². The Labute approximate surface area is 171 Å². The molecule has 0 fully saturated rings. The molecule has 4 nitrogen and oxygen atoms in total. The number of aryl methyl sites for hydroxylation is 1. The van der Waals surface area contributed by atoms with E-state index >= 15 is 0 Å². The number of esters is 1. The van der Waals surface area contributed by atoms with Crippen LogP contribution < -0.4 is 0 Å². The van der Waals surface area contributed by atoms with Crippen molar-refractivity contribution in [3.63, 3.8) is 0 Å². The highest BCUT2D eigenvalue weighted by molar-refractivity contribution is 5.96. The Hall–Kier alpha value is -2.95. The van der Waals surface area contributed by atoms with Crippen LogP contribution in [0.3, 0.4) is 0 Å². The fourth-order valence-corrected chi connectivity index (χ4v) is 3.65. The molecule has 0 radical (unpaired) electrons. The van der Waals surface area contributed by atoms with E-state index < -0.39 is 5.97 Å². The minimum absolute atomic E-state index is 0.0987. The SMILES string of the molecule is CC1=C(C(=O)OC(C)C)C(c2ccc(C)cc2)CC(=O)N1Cc1cccc(F)c1. The van der Waals surface area contributed by atoms with Gasteiger partial charge in [-0.2, -0.15) is 0 Å². The number of ether oxygens (including phenoxy) is 1. The smallest absolute Gasteiger partial charge is 0.336 e. The molecule has 1 atom stereocenters. The Bertz CT molecular complexity index is 947. The first kappa shape index (κ1) is 20.8. The molecule has 1 amide bonds. The number of hydrogen-bond donors (Lipinski definition) is 0. The number of hydrogen-bond acceptors (Lipinski definition) is 3. The van der Waals surface area contributed by atoms with Crippen LogP contribution in [0.5, 0.6) is 0 Å². The number of allylic oxidation sites excluding steroid dienone is 1. The van der Waals surface area contributed by atoms with Crippen molar-refractivity contribution in [2.45, 2.75) is 52.7 Å². The lowest BCUT2D eigenvalue weighted by Gasteiger charge is -2.35. The van der Waals surface area contributed by atoms with Crippen molar-refractivity contribution in [3.8, 4) is 0 Å². The third kappa shape index (κ3) is 4.73. The quantitative estimate of drug-likeness (QED) is 0.678. The molecule has 0 saturated heterocycles. The van der Waals surface area contributed by atoms with Gasteiger partial charge in [0.05, 0.1) is 18.2 Å². The lowest BCUT2D eigenvalue weighted by molar-refractivity contribution is -0.143. The summed E-state index contributed by atoms with van der Waals surface area (Å²) in [5, 5.41) is 0. The average molecular weight is 395 g/mol. The van der Waals surface area contributed by atoms with E-state index in [1.807, 2.05) is 31.2 Å². The number of rotatable bonds is 5. The molecule has 1 aliphatic heterocycles. The Morgan fingerprint density at radius 2 is 1.86 bits per heavy atom. The predicted octanol–water partition coefficient (Wildman–Crippen LogP) is 4.88. The number of amides is 1. The van der Waals surface area contributed by atoms with E-state index in [1.165, 1.54) is 12.1 Å². The largest absolute Gasteiger partial charge is 0.460 e. The van der Waals surface area contributed by atoms with Gasteiger partial charge in [-0.3, -0.25) is 4.79 Å². The first-order chi connectivity index (χ1) is 13.8. The van der Waals surface area contributed by atoms with Crippen molar-refractivity contribution in [2.75, 3.05) is 0 Å². The van der Waals surface area contributed by atoms with Crippen LogP contribution in [0.25, 0.3) is 0 Å². The molecule has 5 heteroatoms. The maximum absolute atomic E-state index is 13.6. The van der Waals surface area contributed by atoms with Crippen molar-refractivity contribution >= 4 is 11.9 Å². The van der Waals surface area contributed by atoms with Gasteiger partial charge in [-0.25, -0.2) is 9.18 Å². The summed E-state index contributed by atoms with van der Waals surface area (Å²) in [4.78, 5) is 27.5. The minimum Gasteiger partial charge on any atom is -0.460 e. The van der Waals surface area contributed by atoms with E-state index in [9.17, 15) is 14.0 Å². The minimum atomic E-state index is -0.417. The summed E-state index contributed by atoms with van der Waals surface area (Å²) < 4.78 is 19.1. The number of nitrogens with zero attached hydrogens (tertiary/aromatic N) is 1. The summed E-state index contributed by atoms with van der Waals surface area (Å²) in [6.07, 6.45) is -0.103.